The zero-order valence-electron chi connectivity index (χ0n) is 17.0. The summed E-state index contributed by atoms with van der Waals surface area (Å²) in [5.41, 5.74) is -0.363. The highest BCUT2D eigenvalue weighted by atomic mass is 31.2. The number of ketones is 1. The van der Waals surface area contributed by atoms with Gasteiger partial charge in [-0.1, -0.05) is 118 Å². The molecule has 0 aliphatic carbocycles. The zero-order chi connectivity index (χ0) is 20.0. The molecule has 0 fully saturated rings. The molecule has 0 atom stereocenters. The van der Waals surface area contributed by atoms with Crippen LogP contribution in [0.2, 0.25) is 0 Å². The minimum Gasteiger partial charge on any atom is -0.294 e. The fraction of sp³-hybridized carbons (Fsp3) is 0.231. The number of rotatable bonds is 7. The van der Waals surface area contributed by atoms with Gasteiger partial charge in [0.05, 0.1) is 0 Å². The average Bonchev–Trinajstić information content (AvgIpc) is 2.73. The van der Waals surface area contributed by atoms with E-state index >= 15 is 0 Å². The largest absolute Gasteiger partial charge is 0.294 e. The maximum Gasteiger partial charge on any atom is 0.162 e. The molecule has 144 valence electrons. The smallest absolute Gasteiger partial charge is 0.162 e. The lowest BCUT2D eigenvalue weighted by Crippen LogP contribution is -2.32. The second kappa shape index (κ2) is 8.76. The van der Waals surface area contributed by atoms with E-state index in [4.69, 9.17) is 0 Å². The van der Waals surface area contributed by atoms with E-state index in [0.717, 1.165) is 12.8 Å². The molecule has 0 heterocycles. The Labute approximate surface area is 169 Å². The monoisotopic (exact) mass is 388 g/mol. The van der Waals surface area contributed by atoms with Gasteiger partial charge >= 0.3 is 0 Å². The van der Waals surface area contributed by atoms with E-state index < -0.39 is 6.89 Å². The molecule has 3 rings (SSSR count). The van der Waals surface area contributed by atoms with Crippen LogP contribution in [-0.4, -0.2) is 11.6 Å². The standard InChI is InChI=1S/C26H29OP/c1-4-20-26(2,3)25(27)21-28(22-14-8-5-9-15-22,23-16-10-6-11-17-23)24-18-12-7-13-19-24/h5-19,21H,4,20H2,1-3H3. The van der Waals surface area contributed by atoms with Gasteiger partial charge in [0.2, 0.25) is 0 Å². The van der Waals surface area contributed by atoms with Gasteiger partial charge in [-0.15, -0.1) is 0 Å². The summed E-state index contributed by atoms with van der Waals surface area (Å²) in [4.78, 5) is 13.6. The molecule has 0 spiro atoms. The van der Waals surface area contributed by atoms with Crippen molar-refractivity contribution in [1.29, 1.82) is 0 Å². The number of carbonyl (C=O) groups is 1. The highest BCUT2D eigenvalue weighted by Crippen LogP contribution is 2.44. The van der Waals surface area contributed by atoms with E-state index in [-0.39, 0.29) is 11.2 Å². The molecule has 1 nitrogen and oxygen atoms in total. The topological polar surface area (TPSA) is 17.1 Å². The minimum atomic E-state index is -2.20. The SMILES string of the molecule is CCCC(C)(C)C(=O)C=P(c1ccccc1)(c1ccccc1)c1ccccc1. The summed E-state index contributed by atoms with van der Waals surface area (Å²) in [6.07, 6.45) is 1.89. The average molecular weight is 388 g/mol. The summed E-state index contributed by atoms with van der Waals surface area (Å²) in [6, 6.07) is 31.6. The van der Waals surface area contributed by atoms with Crippen LogP contribution in [0.15, 0.2) is 91.0 Å². The normalized spacial score (nSPS) is 11.8. The molecule has 0 radical (unpaired) electrons. The third-order valence-electron chi connectivity index (χ3n) is 5.34. The molecule has 0 bridgehead atoms. The predicted molar refractivity (Wildman–Crippen MR) is 125 cm³/mol. The van der Waals surface area contributed by atoms with Crippen LogP contribution in [0.1, 0.15) is 33.6 Å². The van der Waals surface area contributed by atoms with E-state index in [1.807, 2.05) is 18.2 Å². The van der Waals surface area contributed by atoms with Crippen molar-refractivity contribution in [2.75, 3.05) is 0 Å². The first kappa shape index (κ1) is 20.4. The van der Waals surface area contributed by atoms with Gasteiger partial charge in [0.1, 0.15) is 0 Å². The molecule has 3 aromatic rings. The molecular weight excluding hydrogens is 359 g/mol. The maximum atomic E-state index is 13.6. The van der Waals surface area contributed by atoms with Gasteiger partial charge in [-0.2, -0.15) is 0 Å². The highest BCUT2D eigenvalue weighted by molar-refractivity contribution is 7.95. The summed E-state index contributed by atoms with van der Waals surface area (Å²) in [6.45, 7) is 4.09. The molecule has 3 aromatic carbocycles. The van der Waals surface area contributed by atoms with Crippen LogP contribution in [0.4, 0.5) is 0 Å². The quantitative estimate of drug-likeness (QED) is 0.510. The number of hydrogen-bond donors (Lipinski definition) is 0. The molecule has 0 aromatic heterocycles. The zero-order valence-corrected chi connectivity index (χ0v) is 17.9. The molecule has 28 heavy (non-hydrogen) atoms. The molecular formula is C26H29OP. The van der Waals surface area contributed by atoms with Crippen LogP contribution >= 0.6 is 6.89 Å². The molecule has 0 saturated carbocycles. The first-order valence-corrected chi connectivity index (χ1v) is 11.8. The third kappa shape index (κ3) is 4.05. The van der Waals surface area contributed by atoms with Crippen molar-refractivity contribution >= 4 is 34.4 Å². The molecule has 0 saturated heterocycles. The van der Waals surface area contributed by atoms with Gasteiger partial charge in [0, 0.05) is 5.41 Å². The summed E-state index contributed by atoms with van der Waals surface area (Å²) in [5, 5.41) is 3.65. The van der Waals surface area contributed by atoms with Crippen LogP contribution in [0.5, 0.6) is 0 Å². The molecule has 0 N–H and O–H groups in total. The Kier molecular flexibility index (Phi) is 6.37. The molecule has 0 aliphatic rings. The van der Waals surface area contributed by atoms with Crippen LogP contribution in [-0.2, 0) is 4.79 Å². The molecule has 0 amide bonds. The second-order valence-electron chi connectivity index (χ2n) is 7.86. The van der Waals surface area contributed by atoms with E-state index in [1.54, 1.807) is 0 Å². The highest BCUT2D eigenvalue weighted by Gasteiger charge is 2.31. The lowest BCUT2D eigenvalue weighted by molar-refractivity contribution is -0.120. The first-order chi connectivity index (χ1) is 13.5. The lowest BCUT2D eigenvalue weighted by Gasteiger charge is -2.30. The van der Waals surface area contributed by atoms with Gasteiger partial charge in [0.25, 0.3) is 0 Å². The van der Waals surface area contributed by atoms with Crippen molar-refractivity contribution in [3.05, 3.63) is 91.0 Å². The van der Waals surface area contributed by atoms with Crippen LogP contribution in [0, 0.1) is 5.41 Å². The van der Waals surface area contributed by atoms with Crippen LogP contribution in [0.3, 0.4) is 0 Å². The summed E-state index contributed by atoms with van der Waals surface area (Å²) < 4.78 is 0. The predicted octanol–water partition coefficient (Wildman–Crippen LogP) is 5.18. The van der Waals surface area contributed by atoms with Gasteiger partial charge in [-0.25, -0.2) is 0 Å². The van der Waals surface area contributed by atoms with E-state index in [9.17, 15) is 4.79 Å². The fourth-order valence-corrected chi connectivity index (χ4v) is 7.73. The van der Waals surface area contributed by atoms with Gasteiger partial charge in [0.15, 0.2) is 5.78 Å². The molecule has 0 aliphatic heterocycles. The number of Topliss-reactive ketones (excluding diaryl/α,β-unsaturated/α-hetero) is 1. The van der Waals surface area contributed by atoms with Crippen molar-refractivity contribution in [2.45, 2.75) is 33.6 Å². The number of benzene rings is 3. The Morgan fingerprint density at radius 3 is 1.43 bits per heavy atom. The maximum absolute atomic E-state index is 13.6. The Hall–Kier alpha value is -2.37. The van der Waals surface area contributed by atoms with Gasteiger partial charge < -0.3 is 0 Å². The first-order valence-electron chi connectivity index (χ1n) is 9.96. The van der Waals surface area contributed by atoms with Crippen molar-refractivity contribution < 1.29 is 4.79 Å². The fourth-order valence-electron chi connectivity index (χ4n) is 3.76. The van der Waals surface area contributed by atoms with Crippen molar-refractivity contribution in [2.24, 2.45) is 5.41 Å². The van der Waals surface area contributed by atoms with Crippen molar-refractivity contribution in [3.8, 4) is 0 Å². The minimum absolute atomic E-state index is 0.235. The van der Waals surface area contributed by atoms with Gasteiger partial charge in [-0.05, 0) is 35.0 Å². The molecule has 0 unspecified atom stereocenters. The molecule has 2 heteroatoms. The third-order valence-corrected chi connectivity index (χ3v) is 9.30. The summed E-state index contributed by atoms with van der Waals surface area (Å²) in [7, 11) is 0. The second-order valence-corrected chi connectivity index (χ2v) is 11.1. The van der Waals surface area contributed by atoms with E-state index in [0.29, 0.717) is 0 Å². The Balaban J connectivity index is 2.38. The Morgan fingerprint density at radius 1 is 0.750 bits per heavy atom. The summed E-state index contributed by atoms with van der Waals surface area (Å²) >= 11 is 0. The van der Waals surface area contributed by atoms with Crippen LogP contribution in [0.25, 0.3) is 0 Å². The summed E-state index contributed by atoms with van der Waals surface area (Å²) in [5.74, 6) is 2.31. The number of carbonyl (C=O) groups excluding carboxylic acids is 1. The van der Waals surface area contributed by atoms with Crippen molar-refractivity contribution in [3.63, 3.8) is 0 Å². The van der Waals surface area contributed by atoms with Crippen LogP contribution < -0.4 is 15.9 Å². The van der Waals surface area contributed by atoms with Gasteiger partial charge in [-0.3, -0.25) is 4.79 Å². The van der Waals surface area contributed by atoms with E-state index in [2.05, 4.69) is 99.4 Å². The Bertz CT molecular complexity index is 854. The Morgan fingerprint density at radius 2 is 1.11 bits per heavy atom. The number of hydrogen-bond acceptors (Lipinski definition) is 1. The van der Waals surface area contributed by atoms with E-state index in [1.165, 1.54) is 15.9 Å². The lowest BCUT2D eigenvalue weighted by atomic mass is 9.84. The van der Waals surface area contributed by atoms with Crippen molar-refractivity contribution in [1.82, 2.24) is 0 Å².